The van der Waals surface area contributed by atoms with Crippen molar-refractivity contribution in [3.05, 3.63) is 22.2 Å². The number of halogens is 1. The molecular formula is C16H26BrNO3. The van der Waals surface area contributed by atoms with Gasteiger partial charge in [0.2, 0.25) is 0 Å². The van der Waals surface area contributed by atoms with Gasteiger partial charge in [0.15, 0.2) is 11.5 Å². The fourth-order valence-electron chi connectivity index (χ4n) is 2.02. The fourth-order valence-corrected chi connectivity index (χ4v) is 2.60. The van der Waals surface area contributed by atoms with Crippen molar-refractivity contribution in [1.82, 2.24) is 5.32 Å². The minimum absolute atomic E-state index is 0.209. The zero-order chi connectivity index (χ0) is 15.7. The Hall–Kier alpha value is -0.780. The van der Waals surface area contributed by atoms with E-state index in [1.165, 1.54) is 0 Å². The highest BCUT2D eigenvalue weighted by atomic mass is 79.9. The molecule has 5 heteroatoms. The lowest BCUT2D eigenvalue weighted by Crippen LogP contribution is -2.19. The first-order valence-electron chi connectivity index (χ1n) is 7.38. The van der Waals surface area contributed by atoms with Crippen LogP contribution >= 0.6 is 15.9 Å². The molecule has 0 spiro atoms. The molecule has 0 aliphatic carbocycles. The highest BCUT2D eigenvalue weighted by Crippen LogP contribution is 2.37. The molecule has 120 valence electrons. The van der Waals surface area contributed by atoms with Crippen LogP contribution in [0.3, 0.4) is 0 Å². The maximum Gasteiger partial charge on any atom is 0.175 e. The monoisotopic (exact) mass is 359 g/mol. The van der Waals surface area contributed by atoms with Gasteiger partial charge in [0.25, 0.3) is 0 Å². The third-order valence-electron chi connectivity index (χ3n) is 3.30. The zero-order valence-electron chi connectivity index (χ0n) is 13.4. The molecule has 0 unspecified atom stereocenters. The Morgan fingerprint density at radius 2 is 1.90 bits per heavy atom. The van der Waals surface area contributed by atoms with E-state index in [0.29, 0.717) is 6.61 Å². The summed E-state index contributed by atoms with van der Waals surface area (Å²) in [7, 11) is 3.37. The van der Waals surface area contributed by atoms with Crippen LogP contribution in [0.15, 0.2) is 16.6 Å². The lowest BCUT2D eigenvalue weighted by molar-refractivity contribution is 0.183. The first kappa shape index (κ1) is 18.3. The first-order valence-corrected chi connectivity index (χ1v) is 8.18. The normalized spacial score (nSPS) is 11.0. The number of nitrogens with one attached hydrogen (secondary N) is 1. The summed E-state index contributed by atoms with van der Waals surface area (Å²) in [5.41, 5.74) is 1.15. The molecular weight excluding hydrogens is 334 g/mol. The third-order valence-corrected chi connectivity index (χ3v) is 3.89. The molecule has 0 atom stereocenters. The van der Waals surface area contributed by atoms with Crippen molar-refractivity contribution < 1.29 is 14.2 Å². The molecule has 1 aromatic rings. The molecule has 0 aliphatic rings. The van der Waals surface area contributed by atoms with Crippen LogP contribution in [0.5, 0.6) is 11.5 Å². The first-order chi connectivity index (χ1) is 10.2. The summed E-state index contributed by atoms with van der Waals surface area (Å²) in [6, 6.07) is 4.09. The van der Waals surface area contributed by atoms with Crippen molar-refractivity contribution in [1.29, 1.82) is 0 Å². The van der Waals surface area contributed by atoms with Gasteiger partial charge in [-0.2, -0.15) is 0 Å². The Balaban J connectivity index is 2.81. The van der Waals surface area contributed by atoms with Crippen LogP contribution in [0.1, 0.15) is 32.3 Å². The summed E-state index contributed by atoms with van der Waals surface area (Å²) in [5.74, 6) is 1.55. The van der Waals surface area contributed by atoms with Gasteiger partial charge >= 0.3 is 0 Å². The summed E-state index contributed by atoms with van der Waals surface area (Å²) < 4.78 is 17.5. The van der Waals surface area contributed by atoms with E-state index in [2.05, 4.69) is 41.2 Å². The van der Waals surface area contributed by atoms with Crippen LogP contribution < -0.4 is 14.8 Å². The van der Waals surface area contributed by atoms with Gasteiger partial charge in [0.1, 0.15) is 0 Å². The zero-order valence-corrected chi connectivity index (χ0v) is 15.0. The van der Waals surface area contributed by atoms with Crippen molar-refractivity contribution in [3.8, 4) is 11.5 Å². The SMILES string of the molecule is CCC(CC)Oc1c(Br)cc(CNCCOC)cc1OC. The number of ether oxygens (including phenoxy) is 3. The van der Waals surface area contributed by atoms with Crippen molar-refractivity contribution >= 4 is 15.9 Å². The number of hydrogen-bond donors (Lipinski definition) is 1. The van der Waals surface area contributed by atoms with E-state index in [1.54, 1.807) is 14.2 Å². The standard InChI is InChI=1S/C16H26BrNO3/c1-5-13(6-2)21-16-14(17)9-12(10-15(16)20-4)11-18-7-8-19-3/h9-10,13,18H,5-8,11H2,1-4H3. The van der Waals surface area contributed by atoms with Gasteiger partial charge in [-0.1, -0.05) is 13.8 Å². The van der Waals surface area contributed by atoms with E-state index in [9.17, 15) is 0 Å². The molecule has 4 nitrogen and oxygen atoms in total. The van der Waals surface area contributed by atoms with Gasteiger partial charge in [-0.05, 0) is 46.5 Å². The highest BCUT2D eigenvalue weighted by Gasteiger charge is 2.15. The van der Waals surface area contributed by atoms with Gasteiger partial charge in [0.05, 0.1) is 24.3 Å². The Kier molecular flexibility index (Phi) is 8.73. The van der Waals surface area contributed by atoms with Crippen molar-refractivity contribution in [2.24, 2.45) is 0 Å². The Bertz CT molecular complexity index is 422. The minimum atomic E-state index is 0.209. The van der Waals surface area contributed by atoms with E-state index in [1.807, 2.05) is 6.07 Å². The molecule has 1 rings (SSSR count). The molecule has 0 aromatic heterocycles. The van der Waals surface area contributed by atoms with Crippen LogP contribution in [0.4, 0.5) is 0 Å². The van der Waals surface area contributed by atoms with Crippen molar-refractivity contribution in [2.75, 3.05) is 27.4 Å². The lowest BCUT2D eigenvalue weighted by atomic mass is 10.2. The number of methoxy groups -OCH3 is 2. The second-order valence-corrected chi connectivity index (χ2v) is 5.69. The van der Waals surface area contributed by atoms with E-state index in [-0.39, 0.29) is 6.10 Å². The van der Waals surface area contributed by atoms with E-state index in [0.717, 1.165) is 47.5 Å². The van der Waals surface area contributed by atoms with Gasteiger partial charge < -0.3 is 19.5 Å². The molecule has 0 radical (unpaired) electrons. The second-order valence-electron chi connectivity index (χ2n) is 4.83. The van der Waals surface area contributed by atoms with E-state index in [4.69, 9.17) is 14.2 Å². The van der Waals surface area contributed by atoms with E-state index >= 15 is 0 Å². The smallest absolute Gasteiger partial charge is 0.175 e. The van der Waals surface area contributed by atoms with Crippen molar-refractivity contribution in [2.45, 2.75) is 39.3 Å². The number of rotatable bonds is 10. The molecule has 0 fully saturated rings. The molecule has 0 saturated carbocycles. The Morgan fingerprint density at radius 1 is 1.19 bits per heavy atom. The van der Waals surface area contributed by atoms with Crippen LogP contribution in [-0.2, 0) is 11.3 Å². The van der Waals surface area contributed by atoms with Crippen molar-refractivity contribution in [3.63, 3.8) is 0 Å². The summed E-state index contributed by atoms with van der Waals surface area (Å²) in [4.78, 5) is 0. The Morgan fingerprint density at radius 3 is 2.48 bits per heavy atom. The van der Waals surface area contributed by atoms with Gasteiger partial charge in [0, 0.05) is 20.2 Å². The summed E-state index contributed by atoms with van der Waals surface area (Å²) in [5, 5.41) is 3.32. The topological polar surface area (TPSA) is 39.7 Å². The molecule has 21 heavy (non-hydrogen) atoms. The summed E-state index contributed by atoms with van der Waals surface area (Å²) in [6.07, 6.45) is 2.17. The minimum Gasteiger partial charge on any atom is -0.493 e. The van der Waals surface area contributed by atoms with Crippen LogP contribution in [0.2, 0.25) is 0 Å². The van der Waals surface area contributed by atoms with Gasteiger partial charge in [-0.25, -0.2) is 0 Å². The predicted molar refractivity (Wildman–Crippen MR) is 89.3 cm³/mol. The molecule has 1 aromatic carbocycles. The Labute approximate surface area is 136 Å². The average molecular weight is 360 g/mol. The van der Waals surface area contributed by atoms with Gasteiger partial charge in [-0.15, -0.1) is 0 Å². The van der Waals surface area contributed by atoms with Gasteiger partial charge in [-0.3, -0.25) is 0 Å². The lowest BCUT2D eigenvalue weighted by Gasteiger charge is -2.20. The quantitative estimate of drug-likeness (QED) is 0.645. The largest absolute Gasteiger partial charge is 0.493 e. The molecule has 1 N–H and O–H groups in total. The van der Waals surface area contributed by atoms with E-state index < -0.39 is 0 Å². The summed E-state index contributed by atoms with van der Waals surface area (Å²) >= 11 is 3.59. The molecule has 0 bridgehead atoms. The maximum absolute atomic E-state index is 6.05. The average Bonchev–Trinajstić information content (AvgIpc) is 2.50. The predicted octanol–water partition coefficient (Wildman–Crippen LogP) is 3.76. The molecule has 0 heterocycles. The highest BCUT2D eigenvalue weighted by molar-refractivity contribution is 9.10. The maximum atomic E-state index is 6.05. The van der Waals surface area contributed by atoms with Crippen LogP contribution in [0, 0.1) is 0 Å². The fraction of sp³-hybridized carbons (Fsp3) is 0.625. The molecule has 0 amide bonds. The number of benzene rings is 1. The third kappa shape index (κ3) is 5.85. The number of hydrogen-bond acceptors (Lipinski definition) is 4. The molecule has 0 saturated heterocycles. The van der Waals surface area contributed by atoms with Crippen LogP contribution in [0.25, 0.3) is 0 Å². The second kappa shape index (κ2) is 10.0. The molecule has 0 aliphatic heterocycles. The summed E-state index contributed by atoms with van der Waals surface area (Å²) in [6.45, 7) is 6.55. The van der Waals surface area contributed by atoms with Crippen LogP contribution in [-0.4, -0.2) is 33.5 Å².